The van der Waals surface area contributed by atoms with E-state index in [0.29, 0.717) is 13.0 Å². The number of thiophene rings is 1. The number of rotatable bonds is 5. The molecular weight excluding hydrogens is 351 g/mol. The quantitative estimate of drug-likeness (QED) is 0.825. The molecule has 8 heteroatoms. The molecule has 1 heterocycles. The highest BCUT2D eigenvalue weighted by Gasteiger charge is 2.25. The second-order valence-electron chi connectivity index (χ2n) is 4.43. The van der Waals surface area contributed by atoms with Crippen LogP contribution in [0.4, 0.5) is 5.69 Å². The van der Waals surface area contributed by atoms with Crippen molar-refractivity contribution in [3.05, 3.63) is 44.6 Å². The zero-order valence-corrected chi connectivity index (χ0v) is 14.4. The number of hydrogen-bond donors (Lipinski definition) is 1. The minimum atomic E-state index is -3.69. The number of hydrogen-bond acceptors (Lipinski definition) is 4. The molecule has 2 rings (SSSR count). The third-order valence-electron chi connectivity index (χ3n) is 3.03. The number of likely N-dealkylation sites (N-methyl/N-ethyl adjacent to an activating group) is 1. The minimum Gasteiger partial charge on any atom is -0.396 e. The van der Waals surface area contributed by atoms with Crippen molar-refractivity contribution < 1.29 is 8.42 Å². The molecule has 2 aromatic rings. The summed E-state index contributed by atoms with van der Waals surface area (Å²) >= 11 is 13.4. The summed E-state index contributed by atoms with van der Waals surface area (Å²) in [5.74, 6) is 0. The van der Waals surface area contributed by atoms with Crippen molar-refractivity contribution in [2.24, 2.45) is 0 Å². The summed E-state index contributed by atoms with van der Waals surface area (Å²) in [5, 5.41) is 2.16. The minimum absolute atomic E-state index is 0.0280. The van der Waals surface area contributed by atoms with E-state index in [1.165, 1.54) is 23.5 Å². The topological polar surface area (TPSA) is 63.4 Å². The largest absolute Gasteiger partial charge is 0.396 e. The van der Waals surface area contributed by atoms with Crippen molar-refractivity contribution in [2.45, 2.75) is 11.3 Å². The van der Waals surface area contributed by atoms with Gasteiger partial charge in [0.15, 0.2) is 0 Å². The van der Waals surface area contributed by atoms with Crippen molar-refractivity contribution in [3.8, 4) is 0 Å². The Morgan fingerprint density at radius 1 is 1.29 bits per heavy atom. The Bertz CT molecular complexity index is 731. The number of nitrogen functional groups attached to an aromatic ring is 1. The van der Waals surface area contributed by atoms with E-state index in [0.717, 1.165) is 4.88 Å². The number of anilines is 1. The Kier molecular flexibility index (Phi) is 5.16. The summed E-state index contributed by atoms with van der Waals surface area (Å²) < 4.78 is 26.3. The summed E-state index contributed by atoms with van der Waals surface area (Å²) in [6, 6.07) is 6.71. The van der Waals surface area contributed by atoms with Gasteiger partial charge >= 0.3 is 0 Å². The lowest BCUT2D eigenvalue weighted by molar-refractivity contribution is 0.473. The van der Waals surface area contributed by atoms with E-state index in [4.69, 9.17) is 28.9 Å². The molecule has 21 heavy (non-hydrogen) atoms. The molecule has 0 aliphatic carbocycles. The molecule has 2 N–H and O–H groups in total. The van der Waals surface area contributed by atoms with Gasteiger partial charge in [-0.15, -0.1) is 11.3 Å². The van der Waals surface area contributed by atoms with Crippen molar-refractivity contribution in [1.29, 1.82) is 0 Å². The highest BCUT2D eigenvalue weighted by molar-refractivity contribution is 7.89. The molecule has 0 amide bonds. The average Bonchev–Trinajstić information content (AvgIpc) is 2.95. The first-order valence-corrected chi connectivity index (χ1v) is 9.14. The van der Waals surface area contributed by atoms with Crippen LogP contribution in [0.1, 0.15) is 4.88 Å². The maximum Gasteiger partial charge on any atom is 0.244 e. The molecule has 114 valence electrons. The van der Waals surface area contributed by atoms with Crippen LogP contribution in [0.3, 0.4) is 0 Å². The van der Waals surface area contributed by atoms with Gasteiger partial charge in [0.1, 0.15) is 4.90 Å². The smallest absolute Gasteiger partial charge is 0.244 e. The van der Waals surface area contributed by atoms with Crippen LogP contribution in [0.25, 0.3) is 0 Å². The normalized spacial score (nSPS) is 12.0. The lowest BCUT2D eigenvalue weighted by Crippen LogP contribution is -2.29. The van der Waals surface area contributed by atoms with Crippen LogP contribution in [-0.2, 0) is 16.4 Å². The summed E-state index contributed by atoms with van der Waals surface area (Å²) in [5.41, 5.74) is 5.76. The molecule has 0 aliphatic heterocycles. The van der Waals surface area contributed by atoms with Crippen LogP contribution in [0.2, 0.25) is 10.0 Å². The number of nitrogens with two attached hydrogens (primary N) is 1. The summed E-state index contributed by atoms with van der Waals surface area (Å²) in [4.78, 5) is 1.10. The average molecular weight is 365 g/mol. The van der Waals surface area contributed by atoms with Crippen LogP contribution >= 0.6 is 34.5 Å². The van der Waals surface area contributed by atoms with E-state index < -0.39 is 10.0 Å². The van der Waals surface area contributed by atoms with Gasteiger partial charge in [0.25, 0.3) is 0 Å². The van der Waals surface area contributed by atoms with Gasteiger partial charge in [-0.3, -0.25) is 0 Å². The van der Waals surface area contributed by atoms with Crippen molar-refractivity contribution in [1.82, 2.24) is 4.31 Å². The predicted octanol–water partition coefficient (Wildman–Crippen LogP) is 3.50. The van der Waals surface area contributed by atoms with Gasteiger partial charge in [-0.25, -0.2) is 12.7 Å². The summed E-state index contributed by atoms with van der Waals surface area (Å²) in [7, 11) is -2.18. The molecule has 0 saturated heterocycles. The van der Waals surface area contributed by atoms with Gasteiger partial charge in [0.05, 0.1) is 15.7 Å². The van der Waals surface area contributed by atoms with Crippen LogP contribution in [-0.4, -0.2) is 26.3 Å². The molecule has 0 saturated carbocycles. The molecule has 0 atom stereocenters. The van der Waals surface area contributed by atoms with Crippen LogP contribution in [0, 0.1) is 0 Å². The van der Waals surface area contributed by atoms with E-state index in [9.17, 15) is 8.42 Å². The monoisotopic (exact) mass is 364 g/mol. The van der Waals surface area contributed by atoms with Crippen LogP contribution < -0.4 is 5.73 Å². The highest BCUT2D eigenvalue weighted by atomic mass is 35.5. The van der Waals surface area contributed by atoms with E-state index in [1.807, 2.05) is 17.5 Å². The zero-order chi connectivity index (χ0) is 15.6. The van der Waals surface area contributed by atoms with Crippen LogP contribution in [0.15, 0.2) is 34.5 Å². The third kappa shape index (κ3) is 3.52. The van der Waals surface area contributed by atoms with Gasteiger partial charge in [-0.05, 0) is 30.0 Å². The molecule has 0 radical (unpaired) electrons. The first-order valence-electron chi connectivity index (χ1n) is 6.06. The Morgan fingerprint density at radius 3 is 2.62 bits per heavy atom. The lowest BCUT2D eigenvalue weighted by Gasteiger charge is -2.18. The fraction of sp³-hybridized carbons (Fsp3) is 0.231. The van der Waals surface area contributed by atoms with Gasteiger partial charge < -0.3 is 5.73 Å². The second-order valence-corrected chi connectivity index (χ2v) is 8.26. The Hall–Kier alpha value is -0.790. The summed E-state index contributed by atoms with van der Waals surface area (Å²) in [6.45, 7) is 0.363. The maximum atomic E-state index is 12.5. The van der Waals surface area contributed by atoms with E-state index >= 15 is 0 Å². The number of sulfonamides is 1. The van der Waals surface area contributed by atoms with Gasteiger partial charge in [0.2, 0.25) is 10.0 Å². The molecule has 0 spiro atoms. The fourth-order valence-corrected chi connectivity index (χ4v) is 4.36. The molecule has 4 nitrogen and oxygen atoms in total. The predicted molar refractivity (Wildman–Crippen MR) is 88.7 cm³/mol. The van der Waals surface area contributed by atoms with Gasteiger partial charge in [-0.2, -0.15) is 0 Å². The van der Waals surface area contributed by atoms with Crippen LogP contribution in [0.5, 0.6) is 0 Å². The Labute approximate surface area is 138 Å². The molecular formula is C13H14Cl2N2O2S2. The molecule has 0 aliphatic rings. The molecule has 0 bridgehead atoms. The Balaban J connectivity index is 2.23. The zero-order valence-electron chi connectivity index (χ0n) is 11.2. The first-order chi connectivity index (χ1) is 9.84. The van der Waals surface area contributed by atoms with Crippen molar-refractivity contribution >= 4 is 50.2 Å². The Morgan fingerprint density at radius 2 is 2.00 bits per heavy atom. The standard InChI is InChI=1S/C13H14Cl2N2O2S2/c1-17(7-6-9-3-2-8-20-9)21(18,19)11-5-4-10(14)13(16)12(11)15/h2-5,8H,6-7,16H2,1H3. The second kappa shape index (κ2) is 6.54. The third-order valence-corrected chi connectivity index (χ3v) is 6.72. The van der Waals surface area contributed by atoms with E-state index in [-0.39, 0.29) is 20.6 Å². The van der Waals surface area contributed by atoms with Gasteiger partial charge in [-0.1, -0.05) is 29.3 Å². The number of nitrogens with zero attached hydrogens (tertiary/aromatic N) is 1. The van der Waals surface area contributed by atoms with Crippen molar-refractivity contribution in [2.75, 3.05) is 19.3 Å². The van der Waals surface area contributed by atoms with E-state index in [1.54, 1.807) is 11.3 Å². The number of halogens is 2. The van der Waals surface area contributed by atoms with Gasteiger partial charge in [0, 0.05) is 18.5 Å². The molecule has 1 aromatic heterocycles. The molecule has 1 aromatic carbocycles. The molecule has 0 fully saturated rings. The SMILES string of the molecule is CN(CCc1cccs1)S(=O)(=O)c1ccc(Cl)c(N)c1Cl. The summed E-state index contributed by atoms with van der Waals surface area (Å²) in [6.07, 6.45) is 0.647. The number of benzene rings is 1. The highest BCUT2D eigenvalue weighted by Crippen LogP contribution is 2.34. The fourth-order valence-electron chi connectivity index (χ4n) is 1.76. The first kappa shape index (κ1) is 16.6. The molecule has 0 unspecified atom stereocenters. The van der Waals surface area contributed by atoms with Crippen molar-refractivity contribution in [3.63, 3.8) is 0 Å². The van der Waals surface area contributed by atoms with E-state index in [2.05, 4.69) is 0 Å². The maximum absolute atomic E-state index is 12.5. The lowest BCUT2D eigenvalue weighted by atomic mass is 10.3.